The quantitative estimate of drug-likeness (QED) is 0.359. The Morgan fingerprint density at radius 1 is 1.26 bits per heavy atom. The van der Waals surface area contributed by atoms with Gasteiger partial charge in [-0.3, -0.25) is 9.59 Å². The highest BCUT2D eigenvalue weighted by atomic mass is 79.9. The van der Waals surface area contributed by atoms with Gasteiger partial charge in [0.05, 0.1) is 23.9 Å². The van der Waals surface area contributed by atoms with E-state index in [4.69, 9.17) is 10.00 Å². The maximum atomic E-state index is 13.5. The lowest BCUT2D eigenvalue weighted by Crippen LogP contribution is -2.52. The third kappa shape index (κ3) is 5.60. The Kier molecular flexibility index (Phi) is 8.82. The molecule has 1 atom stereocenters. The minimum Gasteiger partial charge on any atom is -0.490 e. The Morgan fingerprint density at radius 3 is 2.76 bits per heavy atom. The molecule has 0 bridgehead atoms. The summed E-state index contributed by atoms with van der Waals surface area (Å²) < 4.78 is 8.48. The standard InChI is InChI=1S/C27H24BrN5O3S.ClH/c1-2-11-36-21-7-8-22(28)20(12-21)15-31-9-10-32(16-25(31)34)26(35)23-14-30-27-33(23)24(17-37-27)19-5-3-18(13-29)4-6-19;/h2-8,12,14,24H,1,9-11,15-17H2;1H. The van der Waals surface area contributed by atoms with E-state index >= 15 is 0 Å². The van der Waals surface area contributed by atoms with Gasteiger partial charge in [0.2, 0.25) is 5.91 Å². The van der Waals surface area contributed by atoms with Crippen molar-refractivity contribution in [3.05, 3.63) is 88.2 Å². The minimum absolute atomic E-state index is 0. The molecule has 0 spiro atoms. The molecule has 2 amide bonds. The summed E-state index contributed by atoms with van der Waals surface area (Å²) >= 11 is 5.16. The molecule has 3 heterocycles. The molecule has 1 aromatic heterocycles. The largest absolute Gasteiger partial charge is 0.490 e. The third-order valence-electron chi connectivity index (χ3n) is 6.44. The summed E-state index contributed by atoms with van der Waals surface area (Å²) in [6.45, 7) is 5.38. The first-order valence-electron chi connectivity index (χ1n) is 11.8. The normalized spacial score (nSPS) is 16.4. The van der Waals surface area contributed by atoms with E-state index in [0.717, 1.165) is 26.5 Å². The number of aromatic nitrogens is 2. The van der Waals surface area contributed by atoms with Gasteiger partial charge < -0.3 is 19.1 Å². The highest BCUT2D eigenvalue weighted by Crippen LogP contribution is 2.38. The number of amides is 2. The summed E-state index contributed by atoms with van der Waals surface area (Å²) in [6, 6.07) is 15.2. The van der Waals surface area contributed by atoms with E-state index in [1.165, 1.54) is 0 Å². The van der Waals surface area contributed by atoms with Crippen LogP contribution in [0.2, 0.25) is 0 Å². The molecule has 1 fully saturated rings. The van der Waals surface area contributed by atoms with E-state index < -0.39 is 0 Å². The Morgan fingerprint density at radius 2 is 2.05 bits per heavy atom. The molecule has 1 saturated heterocycles. The molecule has 0 aliphatic carbocycles. The number of carbonyl (C=O) groups is 2. The number of piperazine rings is 1. The average molecular weight is 615 g/mol. The molecule has 0 radical (unpaired) electrons. The zero-order valence-corrected chi connectivity index (χ0v) is 23.6. The highest BCUT2D eigenvalue weighted by molar-refractivity contribution is 9.10. The number of nitrogens with zero attached hydrogens (tertiary/aromatic N) is 5. The van der Waals surface area contributed by atoms with Crippen molar-refractivity contribution in [3.8, 4) is 11.8 Å². The smallest absolute Gasteiger partial charge is 0.272 e. The fourth-order valence-electron chi connectivity index (χ4n) is 4.50. The van der Waals surface area contributed by atoms with Crippen molar-refractivity contribution >= 4 is 51.9 Å². The van der Waals surface area contributed by atoms with E-state index in [9.17, 15) is 9.59 Å². The first-order valence-corrected chi connectivity index (χ1v) is 13.6. The number of ether oxygens (including phenoxy) is 1. The predicted octanol–water partition coefficient (Wildman–Crippen LogP) is 4.68. The lowest BCUT2D eigenvalue weighted by atomic mass is 10.1. The Hall–Kier alpha value is -3.26. The molecule has 196 valence electrons. The van der Waals surface area contributed by atoms with Gasteiger partial charge in [-0.1, -0.05) is 52.5 Å². The van der Waals surface area contributed by atoms with Crippen LogP contribution in [-0.2, 0) is 11.3 Å². The van der Waals surface area contributed by atoms with Crippen LogP contribution in [0.1, 0.15) is 33.2 Å². The van der Waals surface area contributed by atoms with Crippen molar-refractivity contribution < 1.29 is 14.3 Å². The number of fused-ring (bicyclic) bond motifs is 1. The number of benzene rings is 2. The number of halogens is 2. The monoisotopic (exact) mass is 613 g/mol. The summed E-state index contributed by atoms with van der Waals surface area (Å²) in [7, 11) is 0. The van der Waals surface area contributed by atoms with Crippen LogP contribution in [0.3, 0.4) is 0 Å². The van der Waals surface area contributed by atoms with Crippen LogP contribution in [0, 0.1) is 11.3 Å². The predicted molar refractivity (Wildman–Crippen MR) is 151 cm³/mol. The van der Waals surface area contributed by atoms with E-state index in [-0.39, 0.29) is 36.8 Å². The van der Waals surface area contributed by atoms with Gasteiger partial charge in [-0.15, -0.1) is 12.4 Å². The number of rotatable bonds is 7. The number of nitriles is 1. The fourth-order valence-corrected chi connectivity index (χ4v) is 6.01. The second-order valence-corrected chi connectivity index (χ2v) is 10.6. The van der Waals surface area contributed by atoms with Crippen LogP contribution in [0.25, 0.3) is 0 Å². The molecule has 2 aromatic carbocycles. The lowest BCUT2D eigenvalue weighted by Gasteiger charge is -2.34. The molecule has 0 N–H and O–H groups in total. The van der Waals surface area contributed by atoms with Crippen molar-refractivity contribution in [1.29, 1.82) is 5.26 Å². The Bertz CT molecular complexity index is 1400. The summed E-state index contributed by atoms with van der Waals surface area (Å²) in [4.78, 5) is 34.4. The summed E-state index contributed by atoms with van der Waals surface area (Å²) in [5.41, 5.74) is 3.02. The van der Waals surface area contributed by atoms with Gasteiger partial charge in [0.15, 0.2) is 5.16 Å². The summed E-state index contributed by atoms with van der Waals surface area (Å²) in [6.07, 6.45) is 3.28. The topological polar surface area (TPSA) is 91.5 Å². The van der Waals surface area contributed by atoms with Gasteiger partial charge in [0, 0.05) is 29.9 Å². The van der Waals surface area contributed by atoms with Crippen molar-refractivity contribution in [2.75, 3.05) is 32.0 Å². The van der Waals surface area contributed by atoms with E-state index in [0.29, 0.717) is 43.2 Å². The van der Waals surface area contributed by atoms with Gasteiger partial charge in [-0.25, -0.2) is 4.98 Å². The zero-order valence-electron chi connectivity index (χ0n) is 20.4. The van der Waals surface area contributed by atoms with Crippen molar-refractivity contribution in [3.63, 3.8) is 0 Å². The second kappa shape index (κ2) is 12.1. The molecule has 38 heavy (non-hydrogen) atoms. The zero-order chi connectivity index (χ0) is 25.9. The first kappa shape index (κ1) is 27.8. The van der Waals surface area contributed by atoms with Crippen LogP contribution in [0.15, 0.2) is 70.9 Å². The highest BCUT2D eigenvalue weighted by Gasteiger charge is 2.34. The van der Waals surface area contributed by atoms with Crippen molar-refractivity contribution in [2.24, 2.45) is 0 Å². The molecule has 1 unspecified atom stereocenters. The van der Waals surface area contributed by atoms with E-state index in [1.54, 1.807) is 46.0 Å². The van der Waals surface area contributed by atoms with Crippen LogP contribution < -0.4 is 4.74 Å². The minimum atomic E-state index is -0.200. The van der Waals surface area contributed by atoms with Gasteiger partial charge in [0.25, 0.3) is 5.91 Å². The average Bonchev–Trinajstić information content (AvgIpc) is 3.52. The van der Waals surface area contributed by atoms with Crippen LogP contribution in [0.4, 0.5) is 0 Å². The fraction of sp³-hybridized carbons (Fsp3) is 0.259. The van der Waals surface area contributed by atoms with Crippen molar-refractivity contribution in [2.45, 2.75) is 17.7 Å². The molecule has 2 aliphatic rings. The van der Waals surface area contributed by atoms with Crippen LogP contribution >= 0.6 is 40.1 Å². The summed E-state index contributed by atoms with van der Waals surface area (Å²) in [5, 5.41) is 9.88. The Labute approximate surface area is 239 Å². The Balaban J connectivity index is 0.00000336. The second-order valence-electron chi connectivity index (χ2n) is 8.75. The number of thioether (sulfide) groups is 1. The maximum absolute atomic E-state index is 13.5. The number of carbonyl (C=O) groups excluding carboxylic acids is 2. The molecule has 11 heteroatoms. The molecule has 5 rings (SSSR count). The maximum Gasteiger partial charge on any atom is 0.272 e. The van der Waals surface area contributed by atoms with Gasteiger partial charge in [-0.2, -0.15) is 5.26 Å². The van der Waals surface area contributed by atoms with Crippen LogP contribution in [0.5, 0.6) is 5.75 Å². The lowest BCUT2D eigenvalue weighted by molar-refractivity contribution is -0.135. The van der Waals surface area contributed by atoms with Crippen LogP contribution in [-0.4, -0.2) is 63.2 Å². The molecular formula is C27H25BrClN5O3S. The van der Waals surface area contributed by atoms with E-state index in [1.807, 2.05) is 34.9 Å². The molecular weight excluding hydrogens is 590 g/mol. The van der Waals surface area contributed by atoms with Crippen molar-refractivity contribution in [1.82, 2.24) is 19.4 Å². The van der Waals surface area contributed by atoms with Gasteiger partial charge in [-0.05, 0) is 41.5 Å². The molecule has 8 nitrogen and oxygen atoms in total. The molecule has 0 saturated carbocycles. The first-order chi connectivity index (χ1) is 18.0. The summed E-state index contributed by atoms with van der Waals surface area (Å²) in [5.74, 6) is 1.16. The van der Waals surface area contributed by atoms with E-state index in [2.05, 4.69) is 33.6 Å². The number of imidazole rings is 1. The van der Waals surface area contributed by atoms with Gasteiger partial charge in [0.1, 0.15) is 24.6 Å². The molecule has 2 aliphatic heterocycles. The van der Waals surface area contributed by atoms with Gasteiger partial charge >= 0.3 is 0 Å². The third-order valence-corrected chi connectivity index (χ3v) is 8.26. The number of hydrogen-bond acceptors (Lipinski definition) is 6. The number of hydrogen-bond donors (Lipinski definition) is 0. The molecule has 3 aromatic rings. The SMILES string of the molecule is C=CCOc1ccc(Br)c(CN2CCN(C(=O)c3cnc4n3C(c3ccc(C#N)cc3)CS4)CC2=O)c1.Cl.